The lowest BCUT2D eigenvalue weighted by molar-refractivity contribution is -0.130. The number of rotatable bonds is 5. The largest absolute Gasteiger partial charge is 0.385 e. The number of carbonyl (C=O) groups is 1. The van der Waals surface area contributed by atoms with Crippen LogP contribution < -0.4 is 0 Å². The summed E-state index contributed by atoms with van der Waals surface area (Å²) in [7, 11) is 1.88. The molecule has 1 fully saturated rings. The molecule has 0 spiro atoms. The van der Waals surface area contributed by atoms with E-state index in [2.05, 4.69) is 15.0 Å². The minimum atomic E-state index is -0.575. The van der Waals surface area contributed by atoms with Crippen LogP contribution in [0.5, 0.6) is 0 Å². The fraction of sp³-hybridized carbons (Fsp3) is 0.500. The van der Waals surface area contributed by atoms with E-state index in [0.717, 1.165) is 12.8 Å². The molecule has 1 aliphatic rings. The van der Waals surface area contributed by atoms with Crippen LogP contribution in [0, 0.1) is 5.92 Å². The highest BCUT2D eigenvalue weighted by molar-refractivity contribution is 7.99. The molecule has 1 N–H and O–H groups in total. The molecule has 3 rings (SSSR count). The molecule has 0 unspecified atom stereocenters. The molecule has 7 nitrogen and oxygen atoms in total. The van der Waals surface area contributed by atoms with Crippen LogP contribution in [0.3, 0.4) is 0 Å². The first-order valence-electron chi connectivity index (χ1n) is 7.98. The molecular formula is C16H21N5O2S. The van der Waals surface area contributed by atoms with Gasteiger partial charge in [0.15, 0.2) is 5.16 Å². The molecule has 0 saturated carbocycles. The van der Waals surface area contributed by atoms with Crippen molar-refractivity contribution >= 4 is 17.7 Å². The van der Waals surface area contributed by atoms with Crippen LogP contribution >= 0.6 is 11.8 Å². The molecule has 1 aliphatic heterocycles. The Labute approximate surface area is 145 Å². The van der Waals surface area contributed by atoms with Gasteiger partial charge in [0.05, 0.1) is 5.75 Å². The van der Waals surface area contributed by atoms with E-state index in [4.69, 9.17) is 0 Å². The molecule has 128 valence electrons. The summed E-state index contributed by atoms with van der Waals surface area (Å²) in [6.07, 6.45) is 7.86. The molecular weight excluding hydrogens is 326 g/mol. The summed E-state index contributed by atoms with van der Waals surface area (Å²) >= 11 is 1.35. The predicted molar refractivity (Wildman–Crippen MR) is 90.2 cm³/mol. The number of aliphatic hydroxyl groups excluding tert-OH is 1. The number of carbonyl (C=O) groups excluding carboxylic acids is 1. The van der Waals surface area contributed by atoms with Crippen molar-refractivity contribution in [3.63, 3.8) is 0 Å². The fourth-order valence-electron chi connectivity index (χ4n) is 2.92. The molecule has 1 atom stereocenters. The average molecular weight is 347 g/mol. The third kappa shape index (κ3) is 3.93. The first kappa shape index (κ1) is 16.9. The van der Waals surface area contributed by atoms with Crippen molar-refractivity contribution in [1.29, 1.82) is 0 Å². The molecule has 0 aromatic carbocycles. The number of hydrogen-bond donors (Lipinski definition) is 1. The Morgan fingerprint density at radius 2 is 2.00 bits per heavy atom. The third-order valence-corrected chi connectivity index (χ3v) is 5.19. The number of aliphatic hydroxyl groups is 1. The van der Waals surface area contributed by atoms with Gasteiger partial charge in [0.1, 0.15) is 11.9 Å². The summed E-state index contributed by atoms with van der Waals surface area (Å²) in [6.45, 7) is 1.34. The van der Waals surface area contributed by atoms with Crippen molar-refractivity contribution < 1.29 is 9.90 Å². The van der Waals surface area contributed by atoms with E-state index in [9.17, 15) is 9.90 Å². The van der Waals surface area contributed by atoms with Gasteiger partial charge >= 0.3 is 0 Å². The maximum absolute atomic E-state index is 12.3. The van der Waals surface area contributed by atoms with Crippen LogP contribution in [-0.2, 0) is 11.8 Å². The minimum absolute atomic E-state index is 0.0948. The maximum atomic E-state index is 12.3. The van der Waals surface area contributed by atoms with E-state index < -0.39 is 6.10 Å². The summed E-state index contributed by atoms with van der Waals surface area (Å²) in [5.41, 5.74) is 0. The van der Waals surface area contributed by atoms with Crippen molar-refractivity contribution in [2.75, 3.05) is 18.8 Å². The summed E-state index contributed by atoms with van der Waals surface area (Å²) < 4.78 is 1.85. The lowest BCUT2D eigenvalue weighted by atomic mass is 9.90. The number of aromatic nitrogens is 4. The number of nitrogens with zero attached hydrogens (tertiary/aromatic N) is 5. The Bertz CT molecular complexity index is 670. The van der Waals surface area contributed by atoms with Crippen molar-refractivity contribution in [1.82, 2.24) is 24.4 Å². The van der Waals surface area contributed by atoms with Gasteiger partial charge in [0, 0.05) is 44.9 Å². The number of thioether (sulfide) groups is 1. The predicted octanol–water partition coefficient (Wildman–Crippen LogP) is 1.27. The van der Waals surface area contributed by atoms with E-state index >= 15 is 0 Å². The standard InChI is InChI=1S/C16H21N5O2S/c1-20-10-7-17-15(20)14(23)12-3-8-21(9-4-12)13(22)11-24-16-18-5-2-6-19-16/h2,5-7,10,12,14,23H,3-4,8-9,11H2,1H3/t14-/m1/s1. The molecule has 0 radical (unpaired) electrons. The maximum Gasteiger partial charge on any atom is 0.233 e. The monoisotopic (exact) mass is 347 g/mol. The summed E-state index contributed by atoms with van der Waals surface area (Å²) in [5, 5.41) is 11.1. The lowest BCUT2D eigenvalue weighted by Gasteiger charge is -2.34. The highest BCUT2D eigenvalue weighted by atomic mass is 32.2. The first-order chi connectivity index (χ1) is 11.6. The Hall–Kier alpha value is -1.93. The van der Waals surface area contributed by atoms with Gasteiger partial charge in [-0.15, -0.1) is 0 Å². The van der Waals surface area contributed by atoms with Gasteiger partial charge in [0.2, 0.25) is 5.91 Å². The summed E-state index contributed by atoms with van der Waals surface area (Å²) in [5.74, 6) is 1.27. The Morgan fingerprint density at radius 1 is 1.29 bits per heavy atom. The third-order valence-electron chi connectivity index (χ3n) is 4.33. The zero-order valence-corrected chi connectivity index (χ0v) is 14.4. The zero-order valence-electron chi connectivity index (χ0n) is 13.6. The first-order valence-corrected chi connectivity index (χ1v) is 8.96. The van der Waals surface area contributed by atoms with E-state index in [1.165, 1.54) is 11.8 Å². The Kier molecular flexibility index (Phi) is 5.47. The second kappa shape index (κ2) is 7.76. The number of piperidine rings is 1. The number of likely N-dealkylation sites (tertiary alicyclic amines) is 1. The molecule has 8 heteroatoms. The quantitative estimate of drug-likeness (QED) is 0.648. The Morgan fingerprint density at radius 3 is 2.62 bits per heavy atom. The van der Waals surface area contributed by atoms with Gasteiger partial charge in [-0.05, 0) is 24.8 Å². The normalized spacial score (nSPS) is 17.0. The smallest absolute Gasteiger partial charge is 0.233 e. The summed E-state index contributed by atoms with van der Waals surface area (Å²) in [6, 6.07) is 1.75. The highest BCUT2D eigenvalue weighted by Gasteiger charge is 2.30. The van der Waals surface area contributed by atoms with E-state index in [-0.39, 0.29) is 11.8 Å². The van der Waals surface area contributed by atoms with E-state index in [1.807, 2.05) is 22.7 Å². The van der Waals surface area contributed by atoms with Crippen molar-refractivity contribution in [3.05, 3.63) is 36.7 Å². The second-order valence-electron chi connectivity index (χ2n) is 5.88. The minimum Gasteiger partial charge on any atom is -0.385 e. The number of hydrogen-bond acceptors (Lipinski definition) is 6. The molecule has 0 bridgehead atoms. The molecule has 24 heavy (non-hydrogen) atoms. The molecule has 2 aromatic heterocycles. The number of aryl methyl sites for hydroxylation is 1. The van der Waals surface area contributed by atoms with Gasteiger partial charge in [-0.1, -0.05) is 11.8 Å². The van der Waals surface area contributed by atoms with Gasteiger partial charge in [-0.2, -0.15) is 0 Å². The highest BCUT2D eigenvalue weighted by Crippen LogP contribution is 2.30. The van der Waals surface area contributed by atoms with Crippen LogP contribution in [0.15, 0.2) is 36.0 Å². The van der Waals surface area contributed by atoms with Crippen LogP contribution in [0.25, 0.3) is 0 Å². The molecule has 3 heterocycles. The molecule has 1 saturated heterocycles. The van der Waals surface area contributed by atoms with Crippen molar-refractivity contribution in [2.24, 2.45) is 13.0 Å². The summed E-state index contributed by atoms with van der Waals surface area (Å²) in [4.78, 5) is 26.6. The number of amides is 1. The van der Waals surface area contributed by atoms with Crippen LogP contribution in [-0.4, -0.2) is 54.3 Å². The average Bonchev–Trinajstić information content (AvgIpc) is 3.06. The lowest BCUT2D eigenvalue weighted by Crippen LogP contribution is -2.40. The molecule has 2 aromatic rings. The zero-order chi connectivity index (χ0) is 16.9. The van der Waals surface area contributed by atoms with Gasteiger partial charge < -0.3 is 14.6 Å². The second-order valence-corrected chi connectivity index (χ2v) is 6.82. The fourth-order valence-corrected chi connectivity index (χ4v) is 3.62. The SMILES string of the molecule is Cn1ccnc1[C@H](O)C1CCN(C(=O)CSc2ncccn2)CC1. The van der Waals surface area contributed by atoms with Crippen LogP contribution in [0.1, 0.15) is 24.8 Å². The van der Waals surface area contributed by atoms with E-state index in [1.54, 1.807) is 24.7 Å². The van der Waals surface area contributed by atoms with Crippen LogP contribution in [0.4, 0.5) is 0 Å². The van der Waals surface area contributed by atoms with Gasteiger partial charge in [-0.3, -0.25) is 4.79 Å². The molecule has 1 amide bonds. The molecule has 0 aliphatic carbocycles. The van der Waals surface area contributed by atoms with Gasteiger partial charge in [-0.25, -0.2) is 15.0 Å². The van der Waals surface area contributed by atoms with Crippen LogP contribution in [0.2, 0.25) is 0 Å². The number of imidazole rings is 1. The van der Waals surface area contributed by atoms with E-state index in [0.29, 0.717) is 29.8 Å². The van der Waals surface area contributed by atoms with Crippen molar-refractivity contribution in [3.8, 4) is 0 Å². The Balaban J connectivity index is 1.48. The van der Waals surface area contributed by atoms with Crippen molar-refractivity contribution in [2.45, 2.75) is 24.1 Å². The van der Waals surface area contributed by atoms with Gasteiger partial charge in [0.25, 0.3) is 0 Å². The topological polar surface area (TPSA) is 84.1 Å².